The minimum absolute atomic E-state index is 0.0900. The lowest BCUT2D eigenvalue weighted by Gasteiger charge is -2.07. The third kappa shape index (κ3) is 3.80. The van der Waals surface area contributed by atoms with E-state index in [-0.39, 0.29) is 17.0 Å². The van der Waals surface area contributed by atoms with Crippen molar-refractivity contribution in [2.75, 3.05) is 0 Å². The second-order valence-corrected chi connectivity index (χ2v) is 6.84. The number of benzene rings is 2. The molecular weight excluding hydrogens is 317 g/mol. The Balaban J connectivity index is 2.41. The molecule has 21 heavy (non-hydrogen) atoms. The third-order valence-electron chi connectivity index (χ3n) is 2.85. The van der Waals surface area contributed by atoms with Crippen molar-refractivity contribution >= 4 is 26.1 Å². The van der Waals surface area contributed by atoms with Gasteiger partial charge in [-0.3, -0.25) is 4.79 Å². The largest absolute Gasteiger partial charge is 0.355 e. The van der Waals surface area contributed by atoms with E-state index in [9.17, 15) is 17.6 Å². The first-order valence-corrected chi connectivity index (χ1v) is 8.23. The van der Waals surface area contributed by atoms with Crippen molar-refractivity contribution in [2.45, 2.75) is 11.4 Å². The number of halogens is 2. The van der Waals surface area contributed by atoms with Crippen LogP contribution in [-0.2, 0) is 20.4 Å². The van der Waals surface area contributed by atoms with Gasteiger partial charge in [-0.15, -0.1) is 0 Å². The Morgan fingerprint density at radius 1 is 1.19 bits per heavy atom. The molecule has 4 nitrogen and oxygen atoms in total. The summed E-state index contributed by atoms with van der Waals surface area (Å²) in [6.07, 6.45) is 0.528. The minimum Gasteiger partial charge on any atom is -0.355 e. The monoisotopic (exact) mass is 327 g/mol. The highest BCUT2D eigenvalue weighted by Gasteiger charge is 2.12. The number of rotatable bonds is 5. The van der Waals surface area contributed by atoms with E-state index < -0.39 is 14.9 Å². The summed E-state index contributed by atoms with van der Waals surface area (Å²) in [7, 11) is 1.41. The van der Waals surface area contributed by atoms with E-state index in [1.165, 1.54) is 30.3 Å². The van der Waals surface area contributed by atoms with Gasteiger partial charge in [0.1, 0.15) is 5.82 Å². The molecule has 2 rings (SSSR count). The molecule has 0 fully saturated rings. The highest BCUT2D eigenvalue weighted by atomic mass is 35.7. The first kappa shape index (κ1) is 15.5. The van der Waals surface area contributed by atoms with Crippen molar-refractivity contribution in [3.63, 3.8) is 0 Å². The van der Waals surface area contributed by atoms with Crippen LogP contribution in [0.5, 0.6) is 0 Å². The number of amides is 1. The molecule has 0 aromatic heterocycles. The zero-order valence-electron chi connectivity index (χ0n) is 10.7. The predicted molar refractivity (Wildman–Crippen MR) is 77.8 cm³/mol. The van der Waals surface area contributed by atoms with Crippen LogP contribution in [0.25, 0.3) is 11.1 Å². The minimum atomic E-state index is -3.87. The van der Waals surface area contributed by atoms with Crippen LogP contribution in [0.15, 0.2) is 47.4 Å². The van der Waals surface area contributed by atoms with E-state index in [1.54, 1.807) is 12.1 Å². The Hall–Kier alpha value is -1.92. The smallest absolute Gasteiger partial charge is 0.261 e. The molecule has 110 valence electrons. The van der Waals surface area contributed by atoms with Crippen LogP contribution >= 0.6 is 10.7 Å². The molecule has 0 aliphatic heterocycles. The van der Waals surface area contributed by atoms with Gasteiger partial charge in [-0.1, -0.05) is 24.3 Å². The molecule has 0 aliphatic carbocycles. The second-order valence-electron chi connectivity index (χ2n) is 4.28. The molecule has 0 unspecified atom stereocenters. The van der Waals surface area contributed by atoms with E-state index in [2.05, 4.69) is 5.32 Å². The van der Waals surface area contributed by atoms with Gasteiger partial charge in [0, 0.05) is 22.8 Å². The van der Waals surface area contributed by atoms with E-state index in [0.717, 1.165) is 0 Å². The Morgan fingerprint density at radius 3 is 2.57 bits per heavy atom. The summed E-state index contributed by atoms with van der Waals surface area (Å²) in [6.45, 7) is 0.219. The van der Waals surface area contributed by atoms with Crippen molar-refractivity contribution < 1.29 is 17.6 Å². The summed E-state index contributed by atoms with van der Waals surface area (Å²) in [5.74, 6) is -0.510. The Labute approximate surface area is 126 Å². The average molecular weight is 328 g/mol. The van der Waals surface area contributed by atoms with Gasteiger partial charge < -0.3 is 5.32 Å². The number of carbonyl (C=O) groups is 1. The van der Waals surface area contributed by atoms with E-state index in [1.807, 2.05) is 0 Å². The van der Waals surface area contributed by atoms with Crippen LogP contribution < -0.4 is 5.32 Å². The van der Waals surface area contributed by atoms with Crippen LogP contribution in [-0.4, -0.2) is 14.8 Å². The molecule has 0 spiro atoms. The molecule has 1 N–H and O–H groups in total. The maximum absolute atomic E-state index is 14.1. The standard InChI is InChI=1S/C14H11ClFNO3S/c15-21(19,20)12-3-1-2-11(7-12)13-5-4-10(6-14(13)16)8-17-9-18/h1-7,9H,8H2,(H,17,18). The fourth-order valence-electron chi connectivity index (χ4n) is 1.88. The molecule has 1 amide bonds. The third-order valence-corrected chi connectivity index (χ3v) is 4.20. The molecule has 0 radical (unpaired) electrons. The van der Waals surface area contributed by atoms with Gasteiger partial charge in [-0.2, -0.15) is 0 Å². The molecule has 2 aromatic carbocycles. The van der Waals surface area contributed by atoms with Crippen LogP contribution in [0.1, 0.15) is 5.56 Å². The van der Waals surface area contributed by atoms with Crippen molar-refractivity contribution in [3.05, 3.63) is 53.8 Å². The van der Waals surface area contributed by atoms with Crippen molar-refractivity contribution in [1.82, 2.24) is 5.32 Å². The highest BCUT2D eigenvalue weighted by Crippen LogP contribution is 2.27. The molecule has 0 atom stereocenters. The van der Waals surface area contributed by atoms with Gasteiger partial charge in [-0.25, -0.2) is 12.8 Å². The number of hydrogen-bond acceptors (Lipinski definition) is 3. The van der Waals surface area contributed by atoms with Crippen molar-refractivity contribution in [1.29, 1.82) is 0 Å². The topological polar surface area (TPSA) is 63.2 Å². The Morgan fingerprint density at radius 2 is 1.95 bits per heavy atom. The molecule has 2 aromatic rings. The molecule has 0 aliphatic rings. The molecule has 0 heterocycles. The zero-order valence-corrected chi connectivity index (χ0v) is 12.3. The predicted octanol–water partition coefficient (Wildman–Crippen LogP) is 2.67. The van der Waals surface area contributed by atoms with Crippen molar-refractivity contribution in [2.24, 2.45) is 0 Å². The summed E-state index contributed by atoms with van der Waals surface area (Å²) in [6, 6.07) is 10.2. The number of nitrogens with one attached hydrogen (secondary N) is 1. The lowest BCUT2D eigenvalue weighted by Crippen LogP contribution is -2.09. The Kier molecular flexibility index (Phi) is 4.59. The molecule has 0 saturated carbocycles. The first-order chi connectivity index (χ1) is 9.91. The van der Waals surface area contributed by atoms with Gasteiger partial charge in [-0.05, 0) is 29.3 Å². The quantitative estimate of drug-likeness (QED) is 0.678. The number of hydrogen-bond donors (Lipinski definition) is 1. The summed E-state index contributed by atoms with van der Waals surface area (Å²) in [4.78, 5) is 10.1. The number of carbonyl (C=O) groups excluding carboxylic acids is 1. The summed E-state index contributed by atoms with van der Waals surface area (Å²) < 4.78 is 36.7. The maximum atomic E-state index is 14.1. The van der Waals surface area contributed by atoms with Gasteiger partial charge in [0.25, 0.3) is 9.05 Å². The van der Waals surface area contributed by atoms with Crippen LogP contribution in [0.3, 0.4) is 0 Å². The highest BCUT2D eigenvalue weighted by molar-refractivity contribution is 8.13. The average Bonchev–Trinajstić information content (AvgIpc) is 2.44. The first-order valence-electron chi connectivity index (χ1n) is 5.92. The SMILES string of the molecule is O=CNCc1ccc(-c2cccc(S(=O)(=O)Cl)c2)c(F)c1. The van der Waals surface area contributed by atoms with Gasteiger partial charge in [0.15, 0.2) is 0 Å². The molecular formula is C14H11ClFNO3S. The van der Waals surface area contributed by atoms with Gasteiger partial charge in [0.2, 0.25) is 6.41 Å². The summed E-state index contributed by atoms with van der Waals surface area (Å²) in [5, 5.41) is 2.44. The van der Waals surface area contributed by atoms with Crippen LogP contribution in [0, 0.1) is 5.82 Å². The lowest BCUT2D eigenvalue weighted by atomic mass is 10.0. The van der Waals surface area contributed by atoms with E-state index in [4.69, 9.17) is 10.7 Å². The Bertz CT molecular complexity index is 778. The van der Waals surface area contributed by atoms with E-state index in [0.29, 0.717) is 17.5 Å². The lowest BCUT2D eigenvalue weighted by molar-refractivity contribution is -0.109. The summed E-state index contributed by atoms with van der Waals surface area (Å²) in [5.41, 5.74) is 1.26. The van der Waals surface area contributed by atoms with Gasteiger partial charge in [0.05, 0.1) is 4.90 Å². The van der Waals surface area contributed by atoms with Crippen LogP contribution in [0.2, 0.25) is 0 Å². The van der Waals surface area contributed by atoms with Crippen LogP contribution in [0.4, 0.5) is 4.39 Å². The fourth-order valence-corrected chi connectivity index (χ4v) is 2.67. The van der Waals surface area contributed by atoms with Crippen molar-refractivity contribution in [3.8, 4) is 11.1 Å². The fraction of sp³-hybridized carbons (Fsp3) is 0.0714. The summed E-state index contributed by atoms with van der Waals surface area (Å²) >= 11 is 0. The second kappa shape index (κ2) is 6.24. The molecule has 0 bridgehead atoms. The molecule has 0 saturated heterocycles. The maximum Gasteiger partial charge on any atom is 0.261 e. The normalized spacial score (nSPS) is 11.1. The molecule has 7 heteroatoms. The van der Waals surface area contributed by atoms with Gasteiger partial charge >= 0.3 is 0 Å². The van der Waals surface area contributed by atoms with E-state index >= 15 is 0 Å². The zero-order chi connectivity index (χ0) is 15.5.